The van der Waals surface area contributed by atoms with Crippen molar-refractivity contribution in [1.82, 2.24) is 0 Å². The van der Waals surface area contributed by atoms with E-state index in [1.165, 1.54) is 48.7 Å². The maximum absolute atomic E-state index is 6.84. The van der Waals surface area contributed by atoms with Crippen LogP contribution >= 0.6 is 11.8 Å². The summed E-state index contributed by atoms with van der Waals surface area (Å²) < 4.78 is 6.84. The fourth-order valence-electron chi connectivity index (χ4n) is 6.43. The monoisotopic (exact) mass is 559 g/mol. The van der Waals surface area contributed by atoms with Crippen molar-refractivity contribution in [1.29, 1.82) is 0 Å². The molecule has 2 aliphatic heterocycles. The predicted octanol–water partition coefficient (Wildman–Crippen LogP) is 10.2. The highest BCUT2D eigenvalue weighted by Gasteiger charge is 2.35. The first kappa shape index (κ1) is 25.0. The van der Waals surface area contributed by atoms with E-state index in [0.717, 1.165) is 23.7 Å². The zero-order valence-corrected chi connectivity index (χ0v) is 23.9. The molecular weight excluding hydrogens is 531 g/mol. The molecule has 2 nitrogen and oxygen atoms in total. The van der Waals surface area contributed by atoms with Gasteiger partial charge in [-0.25, -0.2) is 0 Å². The standard InChI is InChI=1S/C39H29NOS/c1-2-11-26(12-3-1)25-40-28-23-21-27(22-24-28)37-29-13-4-7-18-34(29)41-39-32(37)16-10-17-33(39)38-30-14-5-8-19-35(30)42-36-20-9-6-15-31(36)38/h1-24,37-38,40H,25H2. The minimum absolute atomic E-state index is 0.0801. The van der Waals surface area contributed by atoms with Crippen molar-refractivity contribution in [2.75, 3.05) is 5.32 Å². The van der Waals surface area contributed by atoms with Crippen LogP contribution in [-0.4, -0.2) is 0 Å². The highest BCUT2D eigenvalue weighted by molar-refractivity contribution is 7.99. The fraction of sp³-hybridized carbons (Fsp3) is 0.0769. The molecular formula is C39H29NOS. The molecule has 6 aromatic rings. The Hall–Kier alpha value is -4.73. The maximum atomic E-state index is 6.84. The van der Waals surface area contributed by atoms with Crippen LogP contribution in [0.5, 0.6) is 11.5 Å². The smallest absolute Gasteiger partial charge is 0.135 e. The van der Waals surface area contributed by atoms with Crippen LogP contribution in [0.15, 0.2) is 155 Å². The van der Waals surface area contributed by atoms with Crippen LogP contribution in [-0.2, 0) is 6.54 Å². The molecule has 0 radical (unpaired) electrons. The van der Waals surface area contributed by atoms with E-state index in [0.29, 0.717) is 0 Å². The molecule has 2 heterocycles. The summed E-state index contributed by atoms with van der Waals surface area (Å²) in [7, 11) is 0. The summed E-state index contributed by atoms with van der Waals surface area (Å²) in [6.45, 7) is 0.801. The summed E-state index contributed by atoms with van der Waals surface area (Å²) in [5.41, 5.74) is 9.94. The summed E-state index contributed by atoms with van der Waals surface area (Å²) in [6, 6.07) is 52.3. The van der Waals surface area contributed by atoms with Gasteiger partial charge in [0.05, 0.1) is 0 Å². The van der Waals surface area contributed by atoms with Crippen LogP contribution in [0.25, 0.3) is 0 Å². The molecule has 3 heteroatoms. The van der Waals surface area contributed by atoms with E-state index in [2.05, 4.69) is 151 Å². The molecule has 202 valence electrons. The number of para-hydroxylation sites is 2. The molecule has 1 unspecified atom stereocenters. The minimum atomic E-state index is 0.0801. The second-order valence-corrected chi connectivity index (χ2v) is 12.0. The Labute approximate surface area is 251 Å². The molecule has 0 saturated carbocycles. The summed E-state index contributed by atoms with van der Waals surface area (Å²) >= 11 is 1.86. The number of hydrogen-bond acceptors (Lipinski definition) is 3. The molecule has 0 fully saturated rings. The van der Waals surface area contributed by atoms with Gasteiger partial charge < -0.3 is 10.1 Å². The zero-order valence-electron chi connectivity index (χ0n) is 23.0. The second-order valence-electron chi connectivity index (χ2n) is 10.9. The number of ether oxygens (including phenoxy) is 1. The van der Waals surface area contributed by atoms with Crippen molar-refractivity contribution < 1.29 is 4.74 Å². The Kier molecular flexibility index (Phi) is 6.31. The van der Waals surface area contributed by atoms with Crippen LogP contribution in [0.3, 0.4) is 0 Å². The van der Waals surface area contributed by atoms with Crippen LogP contribution in [0.4, 0.5) is 5.69 Å². The largest absolute Gasteiger partial charge is 0.456 e. The number of benzene rings is 6. The average molecular weight is 560 g/mol. The number of anilines is 1. The third-order valence-electron chi connectivity index (χ3n) is 8.40. The van der Waals surface area contributed by atoms with E-state index in [9.17, 15) is 0 Å². The molecule has 2 aliphatic rings. The van der Waals surface area contributed by atoms with Crippen molar-refractivity contribution in [3.63, 3.8) is 0 Å². The second kappa shape index (κ2) is 10.6. The quantitative estimate of drug-likeness (QED) is 0.227. The highest BCUT2D eigenvalue weighted by Crippen LogP contribution is 2.55. The molecule has 0 saturated heterocycles. The summed E-state index contributed by atoms with van der Waals surface area (Å²) in [4.78, 5) is 2.62. The van der Waals surface area contributed by atoms with Gasteiger partial charge in [0.2, 0.25) is 0 Å². The molecule has 0 bridgehead atoms. The lowest BCUT2D eigenvalue weighted by Gasteiger charge is -2.34. The zero-order chi connectivity index (χ0) is 27.9. The van der Waals surface area contributed by atoms with Gasteiger partial charge in [-0.2, -0.15) is 0 Å². The van der Waals surface area contributed by atoms with Crippen molar-refractivity contribution >= 4 is 17.4 Å². The Balaban J connectivity index is 1.22. The summed E-state index contributed by atoms with van der Waals surface area (Å²) in [5.74, 6) is 2.09. The number of hydrogen-bond donors (Lipinski definition) is 1. The maximum Gasteiger partial charge on any atom is 0.135 e. The van der Waals surface area contributed by atoms with Gasteiger partial charge in [0, 0.05) is 50.5 Å². The van der Waals surface area contributed by atoms with Gasteiger partial charge in [-0.1, -0.05) is 127 Å². The van der Waals surface area contributed by atoms with E-state index in [-0.39, 0.29) is 11.8 Å². The van der Waals surface area contributed by atoms with Gasteiger partial charge in [-0.05, 0) is 52.6 Å². The predicted molar refractivity (Wildman–Crippen MR) is 172 cm³/mol. The average Bonchev–Trinajstić information content (AvgIpc) is 3.06. The summed E-state index contributed by atoms with van der Waals surface area (Å²) in [5, 5.41) is 3.57. The van der Waals surface area contributed by atoms with Crippen LogP contribution in [0, 0.1) is 0 Å². The van der Waals surface area contributed by atoms with Gasteiger partial charge in [-0.15, -0.1) is 0 Å². The minimum Gasteiger partial charge on any atom is -0.456 e. The van der Waals surface area contributed by atoms with Gasteiger partial charge in [0.15, 0.2) is 0 Å². The van der Waals surface area contributed by atoms with Gasteiger partial charge >= 0.3 is 0 Å². The van der Waals surface area contributed by atoms with Crippen LogP contribution in [0.2, 0.25) is 0 Å². The van der Waals surface area contributed by atoms with Gasteiger partial charge in [0.1, 0.15) is 11.5 Å². The molecule has 0 amide bonds. The highest BCUT2D eigenvalue weighted by atomic mass is 32.2. The Morgan fingerprint density at radius 3 is 1.79 bits per heavy atom. The molecule has 8 rings (SSSR count). The first-order valence-corrected chi connectivity index (χ1v) is 15.3. The molecule has 6 aromatic carbocycles. The molecule has 0 aromatic heterocycles. The van der Waals surface area contributed by atoms with E-state index in [1.807, 2.05) is 11.8 Å². The van der Waals surface area contributed by atoms with Crippen molar-refractivity contribution in [3.05, 3.63) is 185 Å². The Morgan fingerprint density at radius 2 is 1.07 bits per heavy atom. The van der Waals surface area contributed by atoms with E-state index >= 15 is 0 Å². The van der Waals surface area contributed by atoms with Crippen LogP contribution < -0.4 is 10.1 Å². The van der Waals surface area contributed by atoms with Crippen LogP contribution in [0.1, 0.15) is 50.8 Å². The van der Waals surface area contributed by atoms with E-state index < -0.39 is 0 Å². The summed E-state index contributed by atoms with van der Waals surface area (Å²) in [6.07, 6.45) is 0. The molecule has 42 heavy (non-hydrogen) atoms. The fourth-order valence-corrected chi connectivity index (χ4v) is 7.57. The Morgan fingerprint density at radius 1 is 0.500 bits per heavy atom. The van der Waals surface area contributed by atoms with Crippen molar-refractivity contribution in [3.8, 4) is 11.5 Å². The molecule has 1 N–H and O–H groups in total. The van der Waals surface area contributed by atoms with E-state index in [1.54, 1.807) is 0 Å². The topological polar surface area (TPSA) is 21.3 Å². The molecule has 0 spiro atoms. The van der Waals surface area contributed by atoms with E-state index in [4.69, 9.17) is 4.74 Å². The number of nitrogens with one attached hydrogen (secondary N) is 1. The van der Waals surface area contributed by atoms with Gasteiger partial charge in [0.25, 0.3) is 0 Å². The lowest BCUT2D eigenvalue weighted by atomic mass is 9.78. The first-order valence-electron chi connectivity index (χ1n) is 14.5. The SMILES string of the molecule is c1ccc(CNc2ccc(C3c4ccccc4Oc4c3cccc4C3c4ccccc4Sc4ccccc43)cc2)cc1. The molecule has 0 aliphatic carbocycles. The number of fused-ring (bicyclic) bond motifs is 4. The lowest BCUT2D eigenvalue weighted by Crippen LogP contribution is -2.16. The normalized spacial score (nSPS) is 15.0. The Bertz CT molecular complexity index is 1850. The molecule has 1 atom stereocenters. The first-order chi connectivity index (χ1) is 20.8. The van der Waals surface area contributed by atoms with Gasteiger partial charge in [-0.3, -0.25) is 0 Å². The van der Waals surface area contributed by atoms with Crippen molar-refractivity contribution in [2.24, 2.45) is 0 Å². The van der Waals surface area contributed by atoms with Crippen molar-refractivity contribution in [2.45, 2.75) is 28.2 Å². The lowest BCUT2D eigenvalue weighted by molar-refractivity contribution is 0.445. The third kappa shape index (κ3) is 4.38. The third-order valence-corrected chi connectivity index (χ3v) is 9.59. The number of rotatable bonds is 5.